The molecule has 0 saturated heterocycles. The van der Waals surface area contributed by atoms with Gasteiger partial charge >= 0.3 is 0 Å². The predicted octanol–water partition coefficient (Wildman–Crippen LogP) is 16.0. The molecule has 14 rings (SSSR count). The summed E-state index contributed by atoms with van der Waals surface area (Å²) >= 11 is 0. The summed E-state index contributed by atoms with van der Waals surface area (Å²) in [4.78, 5) is 18.4. The van der Waals surface area contributed by atoms with Crippen molar-refractivity contribution >= 4 is 82.4 Å². The topological polar surface area (TPSA) is 60.0 Å². The third kappa shape index (κ3) is 5.60. The van der Waals surface area contributed by atoms with Crippen LogP contribution in [0.15, 0.2) is 223 Å². The molecule has 0 radical (unpaired) electrons. The minimum Gasteiger partial charge on any atom is -0.455 e. The van der Waals surface area contributed by atoms with Crippen molar-refractivity contribution in [2.75, 3.05) is 4.90 Å². The van der Waals surface area contributed by atoms with Gasteiger partial charge in [0.05, 0.1) is 22.4 Å². The van der Waals surface area contributed by atoms with Gasteiger partial charge in [0.1, 0.15) is 11.2 Å². The van der Waals surface area contributed by atoms with Crippen molar-refractivity contribution in [3.05, 3.63) is 224 Å². The summed E-state index contributed by atoms with van der Waals surface area (Å²) in [5, 5.41) is 8.53. The Kier molecular flexibility index (Phi) is 8.03. The van der Waals surface area contributed by atoms with E-state index < -0.39 is 0 Å². The molecule has 3 aromatic heterocycles. The van der Waals surface area contributed by atoms with Crippen LogP contribution in [0.5, 0.6) is 0 Å². The zero-order chi connectivity index (χ0) is 44.2. The van der Waals surface area contributed by atoms with Crippen LogP contribution in [0.25, 0.3) is 122 Å². The van der Waals surface area contributed by atoms with Crippen LogP contribution in [-0.2, 0) is 0 Å². The summed E-state index contributed by atoms with van der Waals surface area (Å²) < 4.78 is 9.27. The molecule has 6 heteroatoms. The van der Waals surface area contributed by atoms with Gasteiger partial charge in [-0.05, 0) is 64.9 Å². The smallest absolute Gasteiger partial charge is 0.164 e. The highest BCUT2D eigenvalue weighted by Crippen LogP contribution is 2.52. The number of aromatic nitrogens is 4. The molecule has 0 unspecified atom stereocenters. The Balaban J connectivity index is 1.04. The van der Waals surface area contributed by atoms with E-state index in [1.165, 1.54) is 16.3 Å². The van der Waals surface area contributed by atoms with Crippen molar-refractivity contribution in [3.63, 3.8) is 0 Å². The monoisotopic (exact) mass is 855 g/mol. The number of benzene rings is 10. The molecule has 0 saturated carbocycles. The minimum absolute atomic E-state index is 0.559. The highest BCUT2D eigenvalue weighted by Gasteiger charge is 2.30. The summed E-state index contributed by atoms with van der Waals surface area (Å²) in [5.41, 5.74) is 14.0. The van der Waals surface area contributed by atoms with Gasteiger partial charge in [0.2, 0.25) is 0 Å². The van der Waals surface area contributed by atoms with Gasteiger partial charge in [-0.3, -0.25) is 0 Å². The van der Waals surface area contributed by atoms with Crippen molar-refractivity contribution in [3.8, 4) is 51.0 Å². The average molecular weight is 856 g/mol. The normalized spacial score (nSPS) is 12.5. The number of hydrogen-bond donors (Lipinski definition) is 0. The fourth-order valence-electron chi connectivity index (χ4n) is 10.5. The standard InChI is InChI=1S/C61H37N5O/c1-37-42-24-10-11-25-43(42)49-34-39-20-8-9-21-40(39)35-53(49)65(37)54-36-50-57-48(30-17-33-55(57)67-58(50)45-27-13-12-26-44(45)54)61-63-59(38-18-4-2-5-19-38)62-60(64-61)47-29-16-32-52-56(47)46-28-14-15-31-51(46)66(52)41-22-6-3-7-23-41/h2-36H,1H2. The summed E-state index contributed by atoms with van der Waals surface area (Å²) in [7, 11) is 0. The van der Waals surface area contributed by atoms with Crippen LogP contribution >= 0.6 is 0 Å². The zero-order valence-electron chi connectivity index (χ0n) is 36.1. The van der Waals surface area contributed by atoms with E-state index in [0.29, 0.717) is 17.5 Å². The van der Waals surface area contributed by atoms with Gasteiger partial charge in [-0.15, -0.1) is 0 Å². The van der Waals surface area contributed by atoms with Crippen molar-refractivity contribution in [2.24, 2.45) is 0 Å². The molecule has 0 aliphatic carbocycles. The second-order valence-corrected chi connectivity index (χ2v) is 17.2. The third-order valence-corrected chi connectivity index (χ3v) is 13.5. The Bertz CT molecular complexity index is 4190. The van der Waals surface area contributed by atoms with Crippen molar-refractivity contribution < 1.29 is 4.42 Å². The van der Waals surface area contributed by atoms with Crippen LogP contribution in [-0.4, -0.2) is 19.5 Å². The molecule has 1 aliphatic rings. The van der Waals surface area contributed by atoms with Gasteiger partial charge in [0.25, 0.3) is 0 Å². The maximum absolute atomic E-state index is 6.95. The number of hydrogen-bond acceptors (Lipinski definition) is 5. The van der Waals surface area contributed by atoms with Gasteiger partial charge in [-0.2, -0.15) is 0 Å². The lowest BCUT2D eigenvalue weighted by Gasteiger charge is -2.36. The first kappa shape index (κ1) is 37.3. The zero-order valence-corrected chi connectivity index (χ0v) is 36.1. The minimum atomic E-state index is 0.559. The maximum atomic E-state index is 6.95. The number of furan rings is 1. The number of para-hydroxylation sites is 2. The summed E-state index contributed by atoms with van der Waals surface area (Å²) in [6.07, 6.45) is 0. The van der Waals surface area contributed by atoms with E-state index in [1.807, 2.05) is 30.3 Å². The molecule has 0 amide bonds. The van der Waals surface area contributed by atoms with Crippen LogP contribution in [0, 0.1) is 0 Å². The molecule has 0 atom stereocenters. The van der Waals surface area contributed by atoms with Crippen LogP contribution in [0.4, 0.5) is 11.4 Å². The second-order valence-electron chi connectivity index (χ2n) is 17.2. The van der Waals surface area contributed by atoms with E-state index in [9.17, 15) is 0 Å². The van der Waals surface area contributed by atoms with Crippen molar-refractivity contribution in [1.29, 1.82) is 0 Å². The molecule has 6 nitrogen and oxygen atoms in total. The first-order valence-electron chi connectivity index (χ1n) is 22.5. The predicted molar refractivity (Wildman–Crippen MR) is 276 cm³/mol. The van der Waals surface area contributed by atoms with Gasteiger partial charge < -0.3 is 13.9 Å². The second kappa shape index (κ2) is 14.4. The Hall–Kier alpha value is -9.13. The fourth-order valence-corrected chi connectivity index (χ4v) is 10.5. The Labute approximate surface area is 385 Å². The van der Waals surface area contributed by atoms with E-state index in [4.69, 9.17) is 25.9 Å². The molecule has 0 spiro atoms. The first-order chi connectivity index (χ1) is 33.2. The third-order valence-electron chi connectivity index (χ3n) is 13.5. The van der Waals surface area contributed by atoms with Crippen molar-refractivity contribution in [2.45, 2.75) is 0 Å². The summed E-state index contributed by atoms with van der Waals surface area (Å²) in [6.45, 7) is 4.80. The highest BCUT2D eigenvalue weighted by molar-refractivity contribution is 6.24. The molecule has 0 fully saturated rings. The highest BCUT2D eigenvalue weighted by atomic mass is 16.3. The summed E-state index contributed by atoms with van der Waals surface area (Å²) in [5.74, 6) is 1.74. The van der Waals surface area contributed by atoms with Crippen molar-refractivity contribution in [1.82, 2.24) is 19.5 Å². The molecule has 312 valence electrons. The van der Waals surface area contributed by atoms with Crippen LogP contribution in [0.3, 0.4) is 0 Å². The molecular formula is C61H37N5O. The van der Waals surface area contributed by atoms with Crippen LogP contribution < -0.4 is 4.90 Å². The molecule has 1 aliphatic heterocycles. The van der Waals surface area contributed by atoms with Gasteiger partial charge in [0.15, 0.2) is 17.5 Å². The lowest BCUT2D eigenvalue weighted by atomic mass is 9.88. The molecule has 4 heterocycles. The van der Waals surface area contributed by atoms with E-state index in [0.717, 1.165) is 105 Å². The molecule has 0 N–H and O–H groups in total. The van der Waals surface area contributed by atoms with E-state index in [2.05, 4.69) is 191 Å². The van der Waals surface area contributed by atoms with Gasteiger partial charge in [0, 0.05) is 71.5 Å². The molecule has 13 aromatic rings. The Morgan fingerprint density at radius 3 is 1.76 bits per heavy atom. The maximum Gasteiger partial charge on any atom is 0.164 e. The number of anilines is 2. The molecule has 0 bridgehead atoms. The largest absolute Gasteiger partial charge is 0.455 e. The van der Waals surface area contributed by atoms with E-state index >= 15 is 0 Å². The lowest BCUT2D eigenvalue weighted by Crippen LogP contribution is -2.20. The molecule has 67 heavy (non-hydrogen) atoms. The van der Waals surface area contributed by atoms with E-state index in [-0.39, 0.29) is 0 Å². The summed E-state index contributed by atoms with van der Waals surface area (Å²) in [6, 6.07) is 74.5. The molecule has 10 aromatic carbocycles. The average Bonchev–Trinajstić information content (AvgIpc) is 3.95. The van der Waals surface area contributed by atoms with Gasteiger partial charge in [-0.25, -0.2) is 15.0 Å². The number of fused-ring (bicyclic) bond motifs is 12. The number of rotatable bonds is 5. The van der Waals surface area contributed by atoms with Crippen LogP contribution in [0.2, 0.25) is 0 Å². The Morgan fingerprint density at radius 1 is 0.388 bits per heavy atom. The van der Waals surface area contributed by atoms with Gasteiger partial charge in [-0.1, -0.05) is 170 Å². The van der Waals surface area contributed by atoms with E-state index in [1.54, 1.807) is 0 Å². The SMILES string of the molecule is C=C1c2ccccc2-c2cc3ccccc3cc2N1c1cc2c(oc3cccc(-c4nc(-c5ccccc5)nc(-c5cccc6c5c5ccccc5n6-c5ccccc5)n4)c32)c2ccccc12. The lowest BCUT2D eigenvalue weighted by molar-refractivity contribution is 0.672. The number of nitrogens with zero attached hydrogens (tertiary/aromatic N) is 5. The Morgan fingerprint density at radius 2 is 0.970 bits per heavy atom. The molecular weight excluding hydrogens is 819 g/mol. The van der Waals surface area contributed by atoms with Crippen LogP contribution in [0.1, 0.15) is 5.56 Å². The first-order valence-corrected chi connectivity index (χ1v) is 22.5. The quantitative estimate of drug-likeness (QED) is 0.173. The fraction of sp³-hybridized carbons (Fsp3) is 0.